The van der Waals surface area contributed by atoms with Gasteiger partial charge in [0, 0.05) is 18.3 Å². The number of hydrogen-bond donors (Lipinski definition) is 1. The van der Waals surface area contributed by atoms with Crippen molar-refractivity contribution in [2.75, 3.05) is 6.54 Å². The maximum atomic E-state index is 12.8. The zero-order valence-electron chi connectivity index (χ0n) is 15.8. The van der Waals surface area contributed by atoms with Gasteiger partial charge >= 0.3 is 0 Å². The molecule has 4 rings (SSSR count). The zero-order valence-corrected chi connectivity index (χ0v) is 15.8. The van der Waals surface area contributed by atoms with Gasteiger partial charge in [-0.2, -0.15) is 4.68 Å². The molecule has 0 saturated heterocycles. The van der Waals surface area contributed by atoms with E-state index in [1.165, 1.54) is 5.56 Å². The van der Waals surface area contributed by atoms with Gasteiger partial charge in [-0.25, -0.2) is 4.98 Å². The molecule has 0 spiro atoms. The zero-order chi connectivity index (χ0) is 19.5. The Labute approximate surface area is 163 Å². The molecule has 0 saturated carbocycles. The number of benzene rings is 2. The van der Waals surface area contributed by atoms with E-state index in [9.17, 15) is 4.79 Å². The molecular formula is C22H21N5O. The van der Waals surface area contributed by atoms with Crippen LogP contribution in [0.3, 0.4) is 0 Å². The normalized spacial score (nSPS) is 12.1. The van der Waals surface area contributed by atoms with Crippen LogP contribution < -0.4 is 5.32 Å². The molecule has 1 atom stereocenters. The first-order valence-electron chi connectivity index (χ1n) is 9.24. The first-order valence-corrected chi connectivity index (χ1v) is 9.24. The first-order chi connectivity index (χ1) is 13.6. The standard InChI is InChI=1S/C22H21N5O/c1-15(17-8-4-3-5-9-17)14-24-22(28)18-10-6-12-20(16(18)2)27-21-19(25-26-27)11-7-13-23-21/h3-13,15H,14H2,1-2H3,(H,24,28). The van der Waals surface area contributed by atoms with Gasteiger partial charge in [0.25, 0.3) is 5.91 Å². The number of nitrogens with zero attached hydrogens (tertiary/aromatic N) is 4. The molecule has 1 N–H and O–H groups in total. The number of carbonyl (C=O) groups is 1. The van der Waals surface area contributed by atoms with E-state index in [4.69, 9.17) is 0 Å². The fourth-order valence-electron chi connectivity index (χ4n) is 3.27. The van der Waals surface area contributed by atoms with Gasteiger partial charge in [-0.1, -0.05) is 48.5 Å². The maximum absolute atomic E-state index is 12.8. The monoisotopic (exact) mass is 371 g/mol. The predicted octanol–water partition coefficient (Wildman–Crippen LogP) is 3.66. The molecular weight excluding hydrogens is 350 g/mol. The Balaban J connectivity index is 1.57. The van der Waals surface area contributed by atoms with E-state index in [1.54, 1.807) is 10.9 Å². The Bertz CT molecular complexity index is 1120. The molecule has 1 amide bonds. The molecule has 28 heavy (non-hydrogen) atoms. The second-order valence-corrected chi connectivity index (χ2v) is 6.82. The molecule has 2 aromatic heterocycles. The fraction of sp³-hybridized carbons (Fsp3) is 0.182. The van der Waals surface area contributed by atoms with E-state index in [1.807, 2.05) is 55.5 Å². The lowest BCUT2D eigenvalue weighted by Crippen LogP contribution is -2.28. The SMILES string of the molecule is Cc1c(C(=O)NCC(C)c2ccccc2)cccc1-n1nnc2cccnc21. The van der Waals surface area contributed by atoms with Gasteiger partial charge in [0.2, 0.25) is 0 Å². The van der Waals surface area contributed by atoms with Gasteiger partial charge in [-0.15, -0.1) is 5.10 Å². The minimum absolute atomic E-state index is 0.0977. The molecule has 6 heteroatoms. The third-order valence-electron chi connectivity index (χ3n) is 4.92. The quantitative estimate of drug-likeness (QED) is 0.581. The molecule has 0 aliphatic heterocycles. The highest BCUT2D eigenvalue weighted by Gasteiger charge is 2.16. The van der Waals surface area contributed by atoms with Crippen LogP contribution in [0.5, 0.6) is 0 Å². The Morgan fingerprint density at radius 3 is 2.71 bits per heavy atom. The highest BCUT2D eigenvalue weighted by atomic mass is 16.1. The molecule has 0 aliphatic rings. The highest BCUT2D eigenvalue weighted by Crippen LogP contribution is 2.21. The number of amides is 1. The van der Waals surface area contributed by atoms with Crippen molar-refractivity contribution < 1.29 is 4.79 Å². The van der Waals surface area contributed by atoms with Crippen LogP contribution in [0.4, 0.5) is 0 Å². The predicted molar refractivity (Wildman–Crippen MR) is 109 cm³/mol. The van der Waals surface area contributed by atoms with Gasteiger partial charge in [0.15, 0.2) is 5.65 Å². The smallest absolute Gasteiger partial charge is 0.251 e. The third kappa shape index (κ3) is 3.36. The van der Waals surface area contributed by atoms with Crippen molar-refractivity contribution in [2.24, 2.45) is 0 Å². The van der Waals surface area contributed by atoms with E-state index in [2.05, 4.69) is 39.7 Å². The number of rotatable bonds is 5. The van der Waals surface area contributed by atoms with E-state index in [0.717, 1.165) is 11.3 Å². The summed E-state index contributed by atoms with van der Waals surface area (Å²) < 4.78 is 1.67. The van der Waals surface area contributed by atoms with Crippen molar-refractivity contribution in [2.45, 2.75) is 19.8 Å². The summed E-state index contributed by atoms with van der Waals surface area (Å²) in [7, 11) is 0. The van der Waals surface area contributed by atoms with Crippen molar-refractivity contribution in [3.05, 3.63) is 83.6 Å². The molecule has 140 valence electrons. The van der Waals surface area contributed by atoms with Crippen LogP contribution in [0.1, 0.15) is 34.3 Å². The minimum atomic E-state index is -0.0977. The van der Waals surface area contributed by atoms with Crippen LogP contribution in [0.25, 0.3) is 16.9 Å². The Kier molecular flexibility index (Phi) is 4.85. The summed E-state index contributed by atoms with van der Waals surface area (Å²) in [5.74, 6) is 0.136. The summed E-state index contributed by atoms with van der Waals surface area (Å²) in [5, 5.41) is 11.4. The van der Waals surface area contributed by atoms with E-state index >= 15 is 0 Å². The molecule has 0 bridgehead atoms. The Morgan fingerprint density at radius 1 is 1.07 bits per heavy atom. The van der Waals surface area contributed by atoms with Gasteiger partial charge in [-0.3, -0.25) is 4.79 Å². The van der Waals surface area contributed by atoms with E-state index in [-0.39, 0.29) is 11.8 Å². The average molecular weight is 371 g/mol. The Morgan fingerprint density at radius 2 is 1.89 bits per heavy atom. The van der Waals surface area contributed by atoms with Crippen molar-refractivity contribution >= 4 is 17.1 Å². The summed E-state index contributed by atoms with van der Waals surface area (Å²) in [5.41, 5.74) is 4.84. The summed E-state index contributed by atoms with van der Waals surface area (Å²) in [4.78, 5) is 17.2. The lowest BCUT2D eigenvalue weighted by Gasteiger charge is -2.15. The topological polar surface area (TPSA) is 72.7 Å². The summed E-state index contributed by atoms with van der Waals surface area (Å²) in [6.45, 7) is 4.59. The van der Waals surface area contributed by atoms with Gasteiger partial charge < -0.3 is 5.32 Å². The van der Waals surface area contributed by atoms with Crippen LogP contribution in [0.15, 0.2) is 66.9 Å². The molecule has 2 heterocycles. The first kappa shape index (κ1) is 17.9. The molecule has 4 aromatic rings. The Hall–Kier alpha value is -3.54. The lowest BCUT2D eigenvalue weighted by atomic mass is 10.0. The average Bonchev–Trinajstić information content (AvgIpc) is 3.16. The number of hydrogen-bond acceptors (Lipinski definition) is 4. The second kappa shape index (κ2) is 7.60. The van der Waals surface area contributed by atoms with Gasteiger partial charge in [-0.05, 0) is 48.2 Å². The summed E-state index contributed by atoms with van der Waals surface area (Å²) in [6, 6.07) is 19.5. The fourth-order valence-corrected chi connectivity index (χ4v) is 3.27. The van der Waals surface area contributed by atoms with Crippen LogP contribution in [-0.2, 0) is 0 Å². The number of aromatic nitrogens is 4. The molecule has 1 unspecified atom stereocenters. The molecule has 2 aromatic carbocycles. The summed E-state index contributed by atoms with van der Waals surface area (Å²) >= 11 is 0. The lowest BCUT2D eigenvalue weighted by molar-refractivity contribution is 0.0951. The number of nitrogens with one attached hydrogen (secondary N) is 1. The molecule has 0 fully saturated rings. The summed E-state index contributed by atoms with van der Waals surface area (Å²) in [6.07, 6.45) is 1.71. The number of carbonyl (C=O) groups excluding carboxylic acids is 1. The largest absolute Gasteiger partial charge is 0.351 e. The van der Waals surface area contributed by atoms with Crippen LogP contribution in [0, 0.1) is 6.92 Å². The van der Waals surface area contributed by atoms with Crippen molar-refractivity contribution in [3.8, 4) is 5.69 Å². The maximum Gasteiger partial charge on any atom is 0.251 e. The van der Waals surface area contributed by atoms with Crippen molar-refractivity contribution in [3.63, 3.8) is 0 Å². The molecule has 0 aliphatic carbocycles. The minimum Gasteiger partial charge on any atom is -0.351 e. The van der Waals surface area contributed by atoms with Crippen molar-refractivity contribution in [1.82, 2.24) is 25.3 Å². The van der Waals surface area contributed by atoms with Crippen LogP contribution >= 0.6 is 0 Å². The third-order valence-corrected chi connectivity index (χ3v) is 4.92. The van der Waals surface area contributed by atoms with E-state index < -0.39 is 0 Å². The molecule has 6 nitrogen and oxygen atoms in total. The van der Waals surface area contributed by atoms with Crippen LogP contribution in [0.2, 0.25) is 0 Å². The molecule has 0 radical (unpaired) electrons. The van der Waals surface area contributed by atoms with Crippen molar-refractivity contribution in [1.29, 1.82) is 0 Å². The van der Waals surface area contributed by atoms with Gasteiger partial charge in [0.1, 0.15) is 5.52 Å². The van der Waals surface area contributed by atoms with Crippen LogP contribution in [-0.4, -0.2) is 32.4 Å². The number of pyridine rings is 1. The number of fused-ring (bicyclic) bond motifs is 1. The second-order valence-electron chi connectivity index (χ2n) is 6.82. The van der Waals surface area contributed by atoms with Gasteiger partial charge in [0.05, 0.1) is 5.69 Å². The van der Waals surface area contributed by atoms with E-state index in [0.29, 0.717) is 23.3 Å². The highest BCUT2D eigenvalue weighted by molar-refractivity contribution is 5.96.